The van der Waals surface area contributed by atoms with Gasteiger partial charge in [-0.1, -0.05) is 48.1 Å². The Morgan fingerprint density at radius 2 is 1.83 bits per heavy atom. The monoisotopic (exact) mass is 500 g/mol. The average Bonchev–Trinajstić information content (AvgIpc) is 3.41. The van der Waals surface area contributed by atoms with Crippen LogP contribution in [0, 0.1) is 6.92 Å². The topological polar surface area (TPSA) is 100.0 Å². The van der Waals surface area contributed by atoms with E-state index in [1.807, 2.05) is 31.2 Å². The summed E-state index contributed by atoms with van der Waals surface area (Å²) in [6.07, 6.45) is 0.861. The van der Waals surface area contributed by atoms with Gasteiger partial charge < -0.3 is 14.9 Å². The number of carbonyl (C=O) groups is 2. The van der Waals surface area contributed by atoms with Crippen molar-refractivity contribution in [3.63, 3.8) is 0 Å². The summed E-state index contributed by atoms with van der Waals surface area (Å²) in [4.78, 5) is 32.9. The Morgan fingerprint density at radius 3 is 2.53 bits per heavy atom. The lowest BCUT2D eigenvalue weighted by atomic mass is 9.94. The fourth-order valence-corrected chi connectivity index (χ4v) is 5.49. The van der Waals surface area contributed by atoms with Crippen LogP contribution in [-0.4, -0.2) is 34.0 Å². The van der Waals surface area contributed by atoms with Crippen molar-refractivity contribution >= 4 is 44.1 Å². The van der Waals surface area contributed by atoms with Crippen LogP contribution in [0.25, 0.3) is 16.0 Å². The van der Waals surface area contributed by atoms with Gasteiger partial charge in [0.05, 0.1) is 34.5 Å². The molecule has 0 bridgehead atoms. The number of ketones is 1. The van der Waals surface area contributed by atoms with Gasteiger partial charge in [0, 0.05) is 0 Å². The van der Waals surface area contributed by atoms with Gasteiger partial charge in [-0.2, -0.15) is 0 Å². The third-order valence-electron chi connectivity index (χ3n) is 6.32. The number of hydrogen-bond acceptors (Lipinski definition) is 7. The van der Waals surface area contributed by atoms with Crippen molar-refractivity contribution in [3.8, 4) is 11.5 Å². The molecule has 1 atom stereocenters. The Kier molecular flexibility index (Phi) is 5.97. The van der Waals surface area contributed by atoms with E-state index >= 15 is 0 Å². The van der Waals surface area contributed by atoms with Gasteiger partial charge in [0.15, 0.2) is 5.13 Å². The fraction of sp³-hybridized carbons (Fsp3) is 0.179. The number of aliphatic hydroxyl groups excluding tert-OH is 1. The average molecular weight is 501 g/mol. The number of thiazole rings is 1. The number of ether oxygens (including phenoxy) is 1. The van der Waals surface area contributed by atoms with Crippen molar-refractivity contribution in [2.75, 3.05) is 12.0 Å². The maximum absolute atomic E-state index is 13.4. The number of nitrogens with zero attached hydrogens (tertiary/aromatic N) is 2. The number of methoxy groups -OCH3 is 1. The molecule has 5 rings (SSSR count). The summed E-state index contributed by atoms with van der Waals surface area (Å²) in [6, 6.07) is 16.4. The van der Waals surface area contributed by atoms with Crippen molar-refractivity contribution < 1.29 is 24.5 Å². The maximum Gasteiger partial charge on any atom is 0.301 e. The standard InChI is InChI=1S/C28H24N2O5S/c1-4-16-6-11-20-22(14-16)36-28(29-20)30-24(17-7-9-18(31)10-8-17)23(26(33)27(30)34)25(32)19-13-15(2)5-12-21(19)35-3/h5-14,24,31-32H,4H2,1-3H3/b25-23+. The number of phenols is 1. The van der Waals surface area contributed by atoms with Gasteiger partial charge in [0.2, 0.25) is 0 Å². The van der Waals surface area contributed by atoms with Gasteiger partial charge in [0.1, 0.15) is 17.3 Å². The number of benzene rings is 3. The first-order valence-corrected chi connectivity index (χ1v) is 12.3. The maximum atomic E-state index is 13.4. The van der Waals surface area contributed by atoms with Crippen molar-refractivity contribution in [1.82, 2.24) is 4.98 Å². The van der Waals surface area contributed by atoms with E-state index in [0.29, 0.717) is 22.0 Å². The Balaban J connectivity index is 1.74. The summed E-state index contributed by atoms with van der Waals surface area (Å²) < 4.78 is 6.32. The number of amides is 1. The lowest BCUT2D eigenvalue weighted by molar-refractivity contribution is -0.132. The predicted octanol–water partition coefficient (Wildman–Crippen LogP) is 5.51. The van der Waals surface area contributed by atoms with Gasteiger partial charge >= 0.3 is 5.91 Å². The molecule has 2 heterocycles. The van der Waals surface area contributed by atoms with E-state index in [1.54, 1.807) is 24.3 Å². The number of anilines is 1. The third kappa shape index (κ3) is 3.89. The first-order chi connectivity index (χ1) is 17.3. The molecule has 4 aromatic rings. The highest BCUT2D eigenvalue weighted by molar-refractivity contribution is 7.22. The lowest BCUT2D eigenvalue weighted by Gasteiger charge is -2.23. The molecular formula is C28H24N2O5S. The second-order valence-corrected chi connectivity index (χ2v) is 9.63. The van der Waals surface area contributed by atoms with Crippen LogP contribution >= 0.6 is 11.3 Å². The number of Topliss-reactive ketones (excluding diaryl/α,β-unsaturated/α-hetero) is 1. The highest BCUT2D eigenvalue weighted by Gasteiger charge is 2.48. The Labute approximate surface area is 211 Å². The van der Waals surface area contributed by atoms with E-state index < -0.39 is 17.7 Å². The minimum Gasteiger partial charge on any atom is -0.508 e. The summed E-state index contributed by atoms with van der Waals surface area (Å²) >= 11 is 1.31. The van der Waals surface area contributed by atoms with E-state index in [2.05, 4.69) is 11.9 Å². The van der Waals surface area contributed by atoms with Crippen LogP contribution in [0.2, 0.25) is 0 Å². The SMILES string of the molecule is CCc1ccc2nc(N3C(=O)C(=O)/C(=C(/O)c4cc(C)ccc4OC)C3c3ccc(O)cc3)sc2c1. The number of aromatic nitrogens is 1. The summed E-state index contributed by atoms with van der Waals surface area (Å²) in [7, 11) is 1.48. The molecule has 1 aromatic heterocycles. The molecule has 2 N–H and O–H groups in total. The van der Waals surface area contributed by atoms with E-state index in [1.165, 1.54) is 35.5 Å². The van der Waals surface area contributed by atoms with Gasteiger partial charge in [-0.15, -0.1) is 0 Å². The number of aliphatic hydroxyl groups is 1. The summed E-state index contributed by atoms with van der Waals surface area (Å²) in [5.74, 6) is -1.51. The number of aryl methyl sites for hydroxylation is 2. The zero-order chi connectivity index (χ0) is 25.6. The lowest BCUT2D eigenvalue weighted by Crippen LogP contribution is -2.29. The molecule has 0 radical (unpaired) electrons. The minimum atomic E-state index is -0.943. The summed E-state index contributed by atoms with van der Waals surface area (Å²) in [5.41, 5.74) is 3.51. The molecule has 1 fully saturated rings. The molecule has 182 valence electrons. The largest absolute Gasteiger partial charge is 0.508 e. The fourth-order valence-electron chi connectivity index (χ4n) is 4.43. The third-order valence-corrected chi connectivity index (χ3v) is 7.34. The van der Waals surface area contributed by atoms with Gasteiger partial charge in [-0.25, -0.2) is 4.98 Å². The number of hydrogen-bond donors (Lipinski definition) is 2. The number of carbonyl (C=O) groups excluding carboxylic acids is 2. The number of rotatable bonds is 5. The molecule has 0 spiro atoms. The molecular weight excluding hydrogens is 476 g/mol. The van der Waals surface area contributed by atoms with Crippen LogP contribution < -0.4 is 9.64 Å². The predicted molar refractivity (Wildman–Crippen MR) is 140 cm³/mol. The second-order valence-electron chi connectivity index (χ2n) is 8.62. The molecule has 0 aliphatic carbocycles. The zero-order valence-corrected chi connectivity index (χ0v) is 20.8. The van der Waals surface area contributed by atoms with Crippen LogP contribution in [-0.2, 0) is 16.0 Å². The molecule has 1 aliphatic rings. The molecule has 0 saturated carbocycles. The Bertz CT molecular complexity index is 1540. The van der Waals surface area contributed by atoms with Crippen molar-refractivity contribution in [1.29, 1.82) is 0 Å². The summed E-state index contributed by atoms with van der Waals surface area (Å²) in [6.45, 7) is 3.92. The first kappa shape index (κ1) is 23.6. The molecule has 1 saturated heterocycles. The molecule has 1 amide bonds. The zero-order valence-electron chi connectivity index (χ0n) is 20.0. The molecule has 3 aromatic carbocycles. The van der Waals surface area contributed by atoms with Crippen LogP contribution in [0.5, 0.6) is 11.5 Å². The van der Waals surface area contributed by atoms with Crippen molar-refractivity contribution in [2.45, 2.75) is 26.3 Å². The number of aromatic hydroxyl groups is 1. The van der Waals surface area contributed by atoms with Crippen LogP contribution in [0.1, 0.15) is 35.2 Å². The smallest absolute Gasteiger partial charge is 0.301 e. The quantitative estimate of drug-likeness (QED) is 0.213. The molecule has 8 heteroatoms. The molecule has 1 unspecified atom stereocenters. The highest BCUT2D eigenvalue weighted by atomic mass is 32.1. The first-order valence-electron chi connectivity index (χ1n) is 11.5. The minimum absolute atomic E-state index is 0.0446. The van der Waals surface area contributed by atoms with Gasteiger partial charge in [-0.05, 0) is 60.9 Å². The highest BCUT2D eigenvalue weighted by Crippen LogP contribution is 2.45. The molecule has 1 aliphatic heterocycles. The molecule has 36 heavy (non-hydrogen) atoms. The van der Waals surface area contributed by atoms with E-state index in [4.69, 9.17) is 4.74 Å². The van der Waals surface area contributed by atoms with E-state index in [-0.39, 0.29) is 17.1 Å². The van der Waals surface area contributed by atoms with Crippen molar-refractivity contribution in [2.24, 2.45) is 0 Å². The van der Waals surface area contributed by atoms with Crippen LogP contribution in [0.15, 0.2) is 66.2 Å². The molecule has 7 nitrogen and oxygen atoms in total. The second kappa shape index (κ2) is 9.13. The van der Waals surface area contributed by atoms with Crippen molar-refractivity contribution in [3.05, 3.63) is 88.5 Å². The summed E-state index contributed by atoms with van der Waals surface area (Å²) in [5, 5.41) is 21.6. The van der Waals surface area contributed by atoms with Crippen LogP contribution in [0.4, 0.5) is 5.13 Å². The van der Waals surface area contributed by atoms with Gasteiger partial charge in [-0.3, -0.25) is 14.5 Å². The van der Waals surface area contributed by atoms with E-state index in [9.17, 15) is 19.8 Å². The normalized spacial score (nSPS) is 17.2. The Morgan fingerprint density at radius 1 is 1.08 bits per heavy atom. The van der Waals surface area contributed by atoms with Crippen LogP contribution in [0.3, 0.4) is 0 Å². The van der Waals surface area contributed by atoms with E-state index in [0.717, 1.165) is 27.8 Å². The van der Waals surface area contributed by atoms with Gasteiger partial charge in [0.25, 0.3) is 5.78 Å². The Hall–Kier alpha value is -4.17. The number of fused-ring (bicyclic) bond motifs is 1. The number of phenolic OH excluding ortho intramolecular Hbond substituents is 1.